The number of nitrogens with zero attached hydrogens (tertiary/aromatic N) is 1. The number of carbonyl (C=O) groups excluding carboxylic acids is 1. The van der Waals surface area contributed by atoms with Crippen molar-refractivity contribution in [1.82, 2.24) is 4.90 Å². The monoisotopic (exact) mass is 241 g/mol. The van der Waals surface area contributed by atoms with Gasteiger partial charge in [-0.15, -0.1) is 0 Å². The van der Waals surface area contributed by atoms with Gasteiger partial charge in [0.15, 0.2) is 0 Å². The van der Waals surface area contributed by atoms with Gasteiger partial charge >= 0.3 is 0 Å². The maximum atomic E-state index is 11.9. The van der Waals surface area contributed by atoms with Crippen LogP contribution in [0, 0.1) is 0 Å². The number of aliphatic hydroxyl groups excluding tert-OH is 2. The van der Waals surface area contributed by atoms with E-state index in [4.69, 9.17) is 11.6 Å². The molecule has 86 valence electrons. The Labute approximate surface area is 98.1 Å². The second-order valence-electron chi connectivity index (χ2n) is 3.86. The smallest absolute Gasteiger partial charge is 0.254 e. The zero-order valence-electron chi connectivity index (χ0n) is 8.51. The molecule has 2 rings (SSSR count). The first-order chi connectivity index (χ1) is 7.58. The Kier molecular flexibility index (Phi) is 3.14. The first kappa shape index (κ1) is 11.4. The number of aliphatic hydroxyl groups is 2. The van der Waals surface area contributed by atoms with E-state index < -0.39 is 12.2 Å². The van der Waals surface area contributed by atoms with Crippen molar-refractivity contribution in [3.8, 4) is 0 Å². The second-order valence-corrected chi connectivity index (χ2v) is 4.29. The number of likely N-dealkylation sites (tertiary alicyclic amines) is 1. The summed E-state index contributed by atoms with van der Waals surface area (Å²) in [7, 11) is 0. The lowest BCUT2D eigenvalue weighted by Crippen LogP contribution is -2.29. The maximum absolute atomic E-state index is 11.9. The predicted octanol–water partition coefficient (Wildman–Crippen LogP) is 0.518. The summed E-state index contributed by atoms with van der Waals surface area (Å²) in [6, 6.07) is 6.61. The fourth-order valence-corrected chi connectivity index (χ4v) is 1.93. The zero-order valence-corrected chi connectivity index (χ0v) is 9.26. The molecule has 2 unspecified atom stereocenters. The molecule has 0 aliphatic carbocycles. The van der Waals surface area contributed by atoms with E-state index in [1.165, 1.54) is 4.90 Å². The van der Waals surface area contributed by atoms with Gasteiger partial charge in [0.1, 0.15) is 0 Å². The van der Waals surface area contributed by atoms with E-state index in [9.17, 15) is 15.0 Å². The Morgan fingerprint density at radius 2 is 1.94 bits per heavy atom. The number of rotatable bonds is 1. The van der Waals surface area contributed by atoms with E-state index >= 15 is 0 Å². The van der Waals surface area contributed by atoms with Gasteiger partial charge < -0.3 is 15.1 Å². The number of hydrogen-bond acceptors (Lipinski definition) is 3. The summed E-state index contributed by atoms with van der Waals surface area (Å²) in [5.41, 5.74) is 0.466. The van der Waals surface area contributed by atoms with Crippen molar-refractivity contribution in [3.05, 3.63) is 34.9 Å². The van der Waals surface area contributed by atoms with Crippen LogP contribution in [-0.2, 0) is 0 Å². The quantitative estimate of drug-likeness (QED) is 0.754. The minimum atomic E-state index is -0.858. The molecule has 1 heterocycles. The second kappa shape index (κ2) is 4.41. The molecule has 0 saturated carbocycles. The molecule has 5 heteroatoms. The largest absolute Gasteiger partial charge is 0.388 e. The Morgan fingerprint density at radius 3 is 2.50 bits per heavy atom. The molecule has 0 bridgehead atoms. The molecular weight excluding hydrogens is 230 g/mol. The first-order valence-electron chi connectivity index (χ1n) is 4.99. The highest BCUT2D eigenvalue weighted by Crippen LogP contribution is 2.16. The van der Waals surface area contributed by atoms with Crippen molar-refractivity contribution in [3.63, 3.8) is 0 Å². The minimum absolute atomic E-state index is 0.159. The maximum Gasteiger partial charge on any atom is 0.254 e. The molecule has 2 atom stereocenters. The summed E-state index contributed by atoms with van der Waals surface area (Å²) < 4.78 is 0. The lowest BCUT2D eigenvalue weighted by atomic mass is 10.2. The molecule has 0 radical (unpaired) electrons. The summed E-state index contributed by atoms with van der Waals surface area (Å²) in [6.45, 7) is 0.318. The third kappa shape index (κ3) is 2.19. The van der Waals surface area contributed by atoms with Crippen molar-refractivity contribution in [2.45, 2.75) is 12.2 Å². The van der Waals surface area contributed by atoms with Crippen LogP contribution in [0.5, 0.6) is 0 Å². The van der Waals surface area contributed by atoms with Gasteiger partial charge in [-0.1, -0.05) is 17.7 Å². The molecular formula is C11H12ClNO3. The van der Waals surface area contributed by atoms with Crippen molar-refractivity contribution in [2.75, 3.05) is 13.1 Å². The molecule has 0 aromatic heterocycles. The molecule has 1 aliphatic rings. The van der Waals surface area contributed by atoms with Crippen LogP contribution in [0.4, 0.5) is 0 Å². The molecule has 1 fully saturated rings. The number of carbonyl (C=O) groups is 1. The molecule has 2 N–H and O–H groups in total. The Hall–Kier alpha value is -1.10. The summed E-state index contributed by atoms with van der Waals surface area (Å²) in [4.78, 5) is 13.4. The fourth-order valence-electron chi connectivity index (χ4n) is 1.74. The van der Waals surface area contributed by atoms with Gasteiger partial charge in [-0.25, -0.2) is 0 Å². The van der Waals surface area contributed by atoms with E-state index in [1.54, 1.807) is 24.3 Å². The third-order valence-corrected chi connectivity index (χ3v) is 2.85. The number of β-amino-alcohol motifs (C(OH)–C–C–N with tert-alkyl or cyclic N) is 2. The highest BCUT2D eigenvalue weighted by molar-refractivity contribution is 6.30. The Morgan fingerprint density at radius 1 is 1.31 bits per heavy atom. The molecule has 1 amide bonds. The highest BCUT2D eigenvalue weighted by Gasteiger charge is 2.32. The zero-order chi connectivity index (χ0) is 11.7. The Balaban J connectivity index is 2.14. The van der Waals surface area contributed by atoms with E-state index in [0.717, 1.165) is 0 Å². The summed E-state index contributed by atoms with van der Waals surface area (Å²) in [6.07, 6.45) is -1.72. The lowest BCUT2D eigenvalue weighted by molar-refractivity contribution is 0.0572. The molecule has 1 aliphatic heterocycles. The van der Waals surface area contributed by atoms with Gasteiger partial charge in [0.25, 0.3) is 5.91 Å². The van der Waals surface area contributed by atoms with Crippen LogP contribution in [-0.4, -0.2) is 46.3 Å². The highest BCUT2D eigenvalue weighted by atomic mass is 35.5. The van der Waals surface area contributed by atoms with Gasteiger partial charge in [0.05, 0.1) is 12.2 Å². The summed E-state index contributed by atoms with van der Waals surface area (Å²) in [5.74, 6) is -0.224. The van der Waals surface area contributed by atoms with Crippen molar-refractivity contribution in [1.29, 1.82) is 0 Å². The van der Waals surface area contributed by atoms with Crippen LogP contribution in [0.1, 0.15) is 10.4 Å². The van der Waals surface area contributed by atoms with Crippen molar-refractivity contribution in [2.24, 2.45) is 0 Å². The third-order valence-electron chi connectivity index (χ3n) is 2.62. The molecule has 1 aromatic rings. The number of benzene rings is 1. The lowest BCUT2D eigenvalue weighted by Gasteiger charge is -2.15. The SMILES string of the molecule is O=C(c1cccc(Cl)c1)N1CC(O)C(O)C1. The molecule has 1 saturated heterocycles. The van der Waals surface area contributed by atoms with Crippen LogP contribution in [0.3, 0.4) is 0 Å². The summed E-state index contributed by atoms with van der Waals surface area (Å²) >= 11 is 5.78. The van der Waals surface area contributed by atoms with Gasteiger partial charge in [-0.05, 0) is 18.2 Å². The minimum Gasteiger partial charge on any atom is -0.388 e. The van der Waals surface area contributed by atoms with Gasteiger partial charge in [-0.3, -0.25) is 4.79 Å². The van der Waals surface area contributed by atoms with Crippen molar-refractivity contribution >= 4 is 17.5 Å². The summed E-state index contributed by atoms with van der Waals surface area (Å²) in [5, 5.41) is 19.2. The van der Waals surface area contributed by atoms with E-state index in [2.05, 4.69) is 0 Å². The van der Waals surface area contributed by atoms with Gasteiger partial charge in [-0.2, -0.15) is 0 Å². The molecule has 4 nitrogen and oxygen atoms in total. The number of amides is 1. The van der Waals surface area contributed by atoms with Crippen LogP contribution >= 0.6 is 11.6 Å². The molecule has 1 aromatic carbocycles. The van der Waals surface area contributed by atoms with E-state index in [1.807, 2.05) is 0 Å². The average molecular weight is 242 g/mol. The van der Waals surface area contributed by atoms with Gasteiger partial charge in [0, 0.05) is 23.7 Å². The standard InChI is InChI=1S/C11H12ClNO3/c12-8-3-1-2-7(4-8)11(16)13-5-9(14)10(15)6-13/h1-4,9-10,14-15H,5-6H2. The van der Waals surface area contributed by atoms with E-state index in [0.29, 0.717) is 10.6 Å². The van der Waals surface area contributed by atoms with Gasteiger partial charge in [0.2, 0.25) is 0 Å². The van der Waals surface area contributed by atoms with Crippen LogP contribution < -0.4 is 0 Å². The van der Waals surface area contributed by atoms with Crippen LogP contribution in [0.25, 0.3) is 0 Å². The van der Waals surface area contributed by atoms with E-state index in [-0.39, 0.29) is 19.0 Å². The fraction of sp³-hybridized carbons (Fsp3) is 0.364. The normalized spacial score (nSPS) is 24.8. The molecule has 0 spiro atoms. The van der Waals surface area contributed by atoms with Crippen molar-refractivity contribution < 1.29 is 15.0 Å². The van der Waals surface area contributed by atoms with Crippen LogP contribution in [0.2, 0.25) is 5.02 Å². The number of halogens is 1. The first-order valence-corrected chi connectivity index (χ1v) is 5.36. The number of hydrogen-bond donors (Lipinski definition) is 2. The van der Waals surface area contributed by atoms with Crippen LogP contribution in [0.15, 0.2) is 24.3 Å². The average Bonchev–Trinajstić information content (AvgIpc) is 2.58. The predicted molar refractivity (Wildman–Crippen MR) is 59.4 cm³/mol. The Bertz CT molecular complexity index is 400. The molecule has 16 heavy (non-hydrogen) atoms. The topological polar surface area (TPSA) is 60.8 Å².